The van der Waals surface area contributed by atoms with Gasteiger partial charge in [-0.1, -0.05) is 0 Å². The molecule has 0 aliphatic carbocycles. The fourth-order valence-electron chi connectivity index (χ4n) is 2.29. The fourth-order valence-corrected chi connectivity index (χ4v) is 2.29. The van der Waals surface area contributed by atoms with Crippen molar-refractivity contribution in [3.05, 3.63) is 11.9 Å². The standard InChI is InChI=1S/C18H34F3N5O/c1-15(8-12-26(5)14-18(19,20)21)24-16(2)13-22-10-7-17(27)23-9-6-11-25(3)4/h10,13,15,24H,6-9,11-12,14H2,1-5H3,(H,23,27)/b16-13+,22-10?. The molecule has 0 rings (SSSR count). The second-order valence-electron chi connectivity index (χ2n) is 7.04. The van der Waals surface area contributed by atoms with E-state index in [4.69, 9.17) is 0 Å². The molecule has 0 aromatic carbocycles. The Morgan fingerprint density at radius 3 is 2.48 bits per heavy atom. The number of halogens is 3. The van der Waals surface area contributed by atoms with Gasteiger partial charge in [-0.15, -0.1) is 0 Å². The Labute approximate surface area is 160 Å². The highest BCUT2D eigenvalue weighted by Crippen LogP contribution is 2.15. The highest BCUT2D eigenvalue weighted by molar-refractivity contribution is 5.89. The van der Waals surface area contributed by atoms with Crippen LogP contribution in [-0.2, 0) is 4.79 Å². The van der Waals surface area contributed by atoms with E-state index in [0.717, 1.165) is 18.7 Å². The number of hydrogen-bond donors (Lipinski definition) is 2. The highest BCUT2D eigenvalue weighted by Gasteiger charge is 2.28. The first-order chi connectivity index (χ1) is 12.5. The zero-order valence-electron chi connectivity index (χ0n) is 17.1. The number of nitrogens with one attached hydrogen (secondary N) is 2. The van der Waals surface area contributed by atoms with E-state index in [2.05, 4.69) is 20.5 Å². The second-order valence-corrected chi connectivity index (χ2v) is 7.04. The molecule has 0 heterocycles. The van der Waals surface area contributed by atoms with Crippen LogP contribution >= 0.6 is 0 Å². The second kappa shape index (κ2) is 13.5. The SMILES string of the molecule is C/C(=C\N=CCC(=O)NCCCN(C)C)NC(C)CCN(C)CC(F)(F)F. The quantitative estimate of drug-likeness (QED) is 0.372. The largest absolute Gasteiger partial charge is 0.401 e. The van der Waals surface area contributed by atoms with Crippen LogP contribution in [0.2, 0.25) is 0 Å². The number of hydrogen-bond acceptors (Lipinski definition) is 5. The van der Waals surface area contributed by atoms with Gasteiger partial charge in [0, 0.05) is 37.2 Å². The Kier molecular flexibility index (Phi) is 12.7. The fraction of sp³-hybridized carbons (Fsp3) is 0.778. The van der Waals surface area contributed by atoms with Gasteiger partial charge in [0.1, 0.15) is 0 Å². The van der Waals surface area contributed by atoms with Crippen molar-refractivity contribution in [3.63, 3.8) is 0 Å². The molecule has 1 unspecified atom stereocenters. The lowest BCUT2D eigenvalue weighted by Crippen LogP contribution is -2.35. The molecular formula is C18H34F3N5O. The van der Waals surface area contributed by atoms with Gasteiger partial charge in [0.05, 0.1) is 13.0 Å². The zero-order valence-corrected chi connectivity index (χ0v) is 17.1. The average Bonchev–Trinajstić information content (AvgIpc) is 2.52. The Morgan fingerprint density at radius 2 is 1.89 bits per heavy atom. The molecule has 6 nitrogen and oxygen atoms in total. The monoisotopic (exact) mass is 393 g/mol. The summed E-state index contributed by atoms with van der Waals surface area (Å²) in [5.74, 6) is -0.0717. The lowest BCUT2D eigenvalue weighted by Gasteiger charge is -2.21. The number of rotatable bonds is 13. The smallest absolute Gasteiger partial charge is 0.385 e. The van der Waals surface area contributed by atoms with Crippen molar-refractivity contribution >= 4 is 12.1 Å². The lowest BCUT2D eigenvalue weighted by molar-refractivity contribution is -0.143. The van der Waals surface area contributed by atoms with Crippen LogP contribution in [0.5, 0.6) is 0 Å². The summed E-state index contributed by atoms with van der Waals surface area (Å²) in [6.45, 7) is 4.74. The molecule has 0 aliphatic heterocycles. The van der Waals surface area contributed by atoms with Crippen molar-refractivity contribution in [2.45, 2.75) is 45.3 Å². The van der Waals surface area contributed by atoms with Gasteiger partial charge in [-0.05, 0) is 54.4 Å². The van der Waals surface area contributed by atoms with E-state index in [1.165, 1.54) is 18.2 Å². The van der Waals surface area contributed by atoms with E-state index in [-0.39, 0.29) is 18.4 Å². The molecular weight excluding hydrogens is 359 g/mol. The maximum atomic E-state index is 12.3. The summed E-state index contributed by atoms with van der Waals surface area (Å²) in [4.78, 5) is 19.0. The normalized spacial score (nSPS) is 14.2. The van der Waals surface area contributed by atoms with Crippen LogP contribution in [0.4, 0.5) is 13.2 Å². The molecule has 0 aliphatic rings. The first-order valence-electron chi connectivity index (χ1n) is 9.11. The van der Waals surface area contributed by atoms with Crippen LogP contribution < -0.4 is 10.6 Å². The molecule has 0 radical (unpaired) electrons. The van der Waals surface area contributed by atoms with Crippen molar-refractivity contribution < 1.29 is 18.0 Å². The first kappa shape index (κ1) is 25.4. The highest BCUT2D eigenvalue weighted by atomic mass is 19.4. The van der Waals surface area contributed by atoms with Crippen LogP contribution in [0.1, 0.15) is 33.1 Å². The molecule has 1 atom stereocenters. The summed E-state index contributed by atoms with van der Waals surface area (Å²) in [5, 5.41) is 6.00. The summed E-state index contributed by atoms with van der Waals surface area (Å²) < 4.78 is 36.8. The molecule has 158 valence electrons. The Morgan fingerprint density at radius 1 is 1.22 bits per heavy atom. The third-order valence-electron chi connectivity index (χ3n) is 3.62. The molecule has 1 amide bonds. The molecule has 0 spiro atoms. The minimum Gasteiger partial charge on any atom is -0.385 e. The molecule has 0 aromatic rings. The Hall–Kier alpha value is -1.61. The van der Waals surface area contributed by atoms with Gasteiger partial charge in [0.15, 0.2) is 0 Å². The number of alkyl halides is 3. The van der Waals surface area contributed by atoms with Crippen molar-refractivity contribution in [2.24, 2.45) is 4.99 Å². The third-order valence-corrected chi connectivity index (χ3v) is 3.62. The number of carbonyl (C=O) groups excluding carboxylic acids is 1. The third kappa shape index (κ3) is 17.6. The van der Waals surface area contributed by atoms with Gasteiger partial charge in [-0.3, -0.25) is 14.7 Å². The molecule has 0 saturated carbocycles. The van der Waals surface area contributed by atoms with Crippen molar-refractivity contribution in [1.82, 2.24) is 20.4 Å². The van der Waals surface area contributed by atoms with Gasteiger partial charge in [0.25, 0.3) is 0 Å². The van der Waals surface area contributed by atoms with Crippen molar-refractivity contribution in [3.8, 4) is 0 Å². The van der Waals surface area contributed by atoms with Crippen LogP contribution in [0.15, 0.2) is 16.9 Å². The van der Waals surface area contributed by atoms with Gasteiger partial charge < -0.3 is 15.5 Å². The van der Waals surface area contributed by atoms with Crippen molar-refractivity contribution in [2.75, 3.05) is 47.3 Å². The molecule has 9 heteroatoms. The maximum absolute atomic E-state index is 12.3. The minimum atomic E-state index is -4.17. The van der Waals surface area contributed by atoms with Crippen LogP contribution in [0, 0.1) is 0 Å². The Bertz CT molecular complexity index is 478. The lowest BCUT2D eigenvalue weighted by atomic mass is 10.2. The van der Waals surface area contributed by atoms with Crippen molar-refractivity contribution in [1.29, 1.82) is 0 Å². The maximum Gasteiger partial charge on any atom is 0.401 e. The van der Waals surface area contributed by atoms with E-state index in [0.29, 0.717) is 19.5 Å². The summed E-state index contributed by atoms with van der Waals surface area (Å²) >= 11 is 0. The number of amides is 1. The van der Waals surface area contributed by atoms with Gasteiger partial charge >= 0.3 is 6.18 Å². The average molecular weight is 393 g/mol. The number of nitrogens with zero attached hydrogens (tertiary/aromatic N) is 3. The number of allylic oxidation sites excluding steroid dienone is 1. The Balaban J connectivity index is 3.99. The van der Waals surface area contributed by atoms with E-state index >= 15 is 0 Å². The topological polar surface area (TPSA) is 60.0 Å². The molecule has 27 heavy (non-hydrogen) atoms. The molecule has 0 aromatic heterocycles. The minimum absolute atomic E-state index is 0.0205. The summed E-state index contributed by atoms with van der Waals surface area (Å²) in [5.41, 5.74) is 0.795. The first-order valence-corrected chi connectivity index (χ1v) is 9.11. The van der Waals surface area contributed by atoms with E-state index < -0.39 is 12.7 Å². The van der Waals surface area contributed by atoms with E-state index in [9.17, 15) is 18.0 Å². The van der Waals surface area contributed by atoms with Crippen LogP contribution in [0.25, 0.3) is 0 Å². The predicted octanol–water partition coefficient (Wildman–Crippen LogP) is 2.24. The van der Waals surface area contributed by atoms with Crippen LogP contribution in [0.3, 0.4) is 0 Å². The summed E-state index contributed by atoms with van der Waals surface area (Å²) in [6.07, 6.45) is 0.660. The van der Waals surface area contributed by atoms with Gasteiger partial charge in [-0.2, -0.15) is 13.2 Å². The van der Waals surface area contributed by atoms with E-state index in [1.807, 2.05) is 27.9 Å². The molecule has 2 N–H and O–H groups in total. The molecule has 0 bridgehead atoms. The van der Waals surface area contributed by atoms with Gasteiger partial charge in [0.2, 0.25) is 5.91 Å². The molecule has 0 fully saturated rings. The molecule has 0 saturated heterocycles. The summed E-state index contributed by atoms with van der Waals surface area (Å²) in [7, 11) is 5.43. The predicted molar refractivity (Wildman–Crippen MR) is 104 cm³/mol. The van der Waals surface area contributed by atoms with E-state index in [1.54, 1.807) is 6.20 Å². The van der Waals surface area contributed by atoms with Crippen LogP contribution in [-0.4, -0.2) is 81.5 Å². The summed E-state index contributed by atoms with van der Waals surface area (Å²) in [6, 6.07) is 0.0205. The number of aliphatic imine (C=N–C) groups is 1. The van der Waals surface area contributed by atoms with Gasteiger partial charge in [-0.25, -0.2) is 0 Å². The zero-order chi connectivity index (χ0) is 20.9. The number of carbonyl (C=O) groups is 1.